The highest BCUT2D eigenvalue weighted by molar-refractivity contribution is 5.26. The van der Waals surface area contributed by atoms with Crippen molar-refractivity contribution in [1.29, 1.82) is 0 Å². The molecule has 1 aromatic carbocycles. The first-order valence-electron chi connectivity index (χ1n) is 8.06. The second-order valence-corrected chi connectivity index (χ2v) is 7.46. The van der Waals surface area contributed by atoms with Gasteiger partial charge in [0.25, 0.3) is 0 Å². The normalized spacial score (nSPS) is 40.0. The number of rotatable bonds is 2. The molecule has 1 N–H and O–H groups in total. The van der Waals surface area contributed by atoms with Gasteiger partial charge < -0.3 is 5.11 Å². The van der Waals surface area contributed by atoms with Crippen LogP contribution in [0.4, 0.5) is 4.39 Å². The molecule has 4 aliphatic carbocycles. The Kier molecular flexibility index (Phi) is 2.92. The number of aliphatic hydroxyl groups excluding tert-OH is 1. The lowest BCUT2D eigenvalue weighted by Gasteiger charge is -2.55. The van der Waals surface area contributed by atoms with Crippen LogP contribution in [0.25, 0.3) is 0 Å². The zero-order chi connectivity index (χ0) is 13.9. The number of hydrogen-bond acceptors (Lipinski definition) is 1. The van der Waals surface area contributed by atoms with Gasteiger partial charge in [0.1, 0.15) is 5.82 Å². The number of hydrogen-bond donors (Lipinski definition) is 1. The standard InChI is InChI=1S/C18H23FO/c1-10-4-13(2-3-16(10)19)18(20)17-14-6-11-5-12(8-14)9-15(17)7-11/h2-4,11-12,14-15,17-18,20H,5-9H2,1H3. The molecule has 1 nitrogen and oxygen atoms in total. The largest absolute Gasteiger partial charge is 0.388 e. The second kappa shape index (κ2) is 4.56. The zero-order valence-corrected chi connectivity index (χ0v) is 12.1. The Morgan fingerprint density at radius 1 is 1.05 bits per heavy atom. The summed E-state index contributed by atoms with van der Waals surface area (Å²) < 4.78 is 13.4. The van der Waals surface area contributed by atoms with Crippen molar-refractivity contribution >= 4 is 0 Å². The van der Waals surface area contributed by atoms with Crippen molar-refractivity contribution in [1.82, 2.24) is 0 Å². The van der Waals surface area contributed by atoms with E-state index in [1.165, 1.54) is 38.2 Å². The summed E-state index contributed by atoms with van der Waals surface area (Å²) in [6, 6.07) is 5.12. The molecule has 1 unspecified atom stereocenters. The van der Waals surface area contributed by atoms with Crippen molar-refractivity contribution in [2.75, 3.05) is 0 Å². The van der Waals surface area contributed by atoms with Gasteiger partial charge in [-0.15, -0.1) is 0 Å². The molecule has 0 aliphatic heterocycles. The summed E-state index contributed by atoms with van der Waals surface area (Å²) in [5.74, 6) is 3.49. The number of aryl methyl sites for hydroxylation is 1. The van der Waals surface area contributed by atoms with E-state index in [0.717, 1.165) is 17.4 Å². The molecule has 2 heteroatoms. The third kappa shape index (κ3) is 1.92. The Bertz CT molecular complexity index is 496. The van der Waals surface area contributed by atoms with Crippen molar-refractivity contribution in [2.45, 2.75) is 45.1 Å². The van der Waals surface area contributed by atoms with Gasteiger partial charge in [-0.25, -0.2) is 4.39 Å². The fourth-order valence-electron chi connectivity index (χ4n) is 5.56. The maximum absolute atomic E-state index is 13.4. The molecule has 1 atom stereocenters. The van der Waals surface area contributed by atoms with Gasteiger partial charge in [-0.3, -0.25) is 0 Å². The van der Waals surface area contributed by atoms with Crippen molar-refractivity contribution in [3.05, 3.63) is 35.1 Å². The minimum absolute atomic E-state index is 0.175. The Morgan fingerprint density at radius 2 is 1.65 bits per heavy atom. The molecule has 4 fully saturated rings. The summed E-state index contributed by atoms with van der Waals surface area (Å²) in [6.45, 7) is 1.78. The molecule has 0 amide bonds. The molecule has 0 aromatic heterocycles. The van der Waals surface area contributed by atoms with Gasteiger partial charge in [-0.05, 0) is 85.8 Å². The van der Waals surface area contributed by atoms with Gasteiger partial charge in [-0.2, -0.15) is 0 Å². The SMILES string of the molecule is Cc1cc(C(O)C2C3CC4CC(C3)CC2C4)ccc1F. The first-order chi connectivity index (χ1) is 9.61. The van der Waals surface area contributed by atoms with E-state index in [4.69, 9.17) is 0 Å². The Hall–Kier alpha value is -0.890. The minimum atomic E-state index is -0.399. The molecule has 0 heterocycles. The second-order valence-electron chi connectivity index (χ2n) is 7.46. The predicted octanol–water partition coefficient (Wildman–Crippen LogP) is 4.24. The van der Waals surface area contributed by atoms with Gasteiger partial charge in [0.05, 0.1) is 6.10 Å². The van der Waals surface area contributed by atoms with Gasteiger partial charge >= 0.3 is 0 Å². The lowest BCUT2D eigenvalue weighted by molar-refractivity contribution is -0.0908. The highest BCUT2D eigenvalue weighted by atomic mass is 19.1. The van der Waals surface area contributed by atoms with Crippen molar-refractivity contribution < 1.29 is 9.50 Å². The van der Waals surface area contributed by atoms with E-state index in [0.29, 0.717) is 23.3 Å². The lowest BCUT2D eigenvalue weighted by atomic mass is 9.50. The topological polar surface area (TPSA) is 20.2 Å². The smallest absolute Gasteiger partial charge is 0.126 e. The summed E-state index contributed by atoms with van der Waals surface area (Å²) in [5, 5.41) is 10.8. The average molecular weight is 274 g/mol. The molecule has 4 bridgehead atoms. The van der Waals surface area contributed by atoms with E-state index in [9.17, 15) is 9.50 Å². The minimum Gasteiger partial charge on any atom is -0.388 e. The fraction of sp³-hybridized carbons (Fsp3) is 0.667. The molecule has 0 saturated heterocycles. The van der Waals surface area contributed by atoms with Crippen LogP contribution in [0, 0.1) is 42.3 Å². The third-order valence-electron chi connectivity index (χ3n) is 6.19. The van der Waals surface area contributed by atoms with Crippen LogP contribution in [-0.4, -0.2) is 5.11 Å². The molecule has 20 heavy (non-hydrogen) atoms. The van der Waals surface area contributed by atoms with Crippen LogP contribution in [-0.2, 0) is 0 Å². The quantitative estimate of drug-likeness (QED) is 0.855. The van der Waals surface area contributed by atoms with E-state index in [1.807, 2.05) is 6.07 Å². The Balaban J connectivity index is 1.62. The van der Waals surface area contributed by atoms with E-state index >= 15 is 0 Å². The number of benzene rings is 1. The summed E-state index contributed by atoms with van der Waals surface area (Å²) in [7, 11) is 0. The zero-order valence-electron chi connectivity index (χ0n) is 12.1. The van der Waals surface area contributed by atoms with Crippen molar-refractivity contribution in [2.24, 2.45) is 29.6 Å². The summed E-state index contributed by atoms with van der Waals surface area (Å²) in [6.07, 6.45) is 6.29. The van der Waals surface area contributed by atoms with Crippen LogP contribution in [0.3, 0.4) is 0 Å². The van der Waals surface area contributed by atoms with E-state index < -0.39 is 6.10 Å². The molecule has 4 saturated carbocycles. The van der Waals surface area contributed by atoms with Crippen LogP contribution in [0.2, 0.25) is 0 Å². The van der Waals surface area contributed by atoms with E-state index in [1.54, 1.807) is 13.0 Å². The molecule has 4 aliphatic rings. The van der Waals surface area contributed by atoms with Crippen molar-refractivity contribution in [3.8, 4) is 0 Å². The molecule has 108 valence electrons. The summed E-state index contributed by atoms with van der Waals surface area (Å²) in [5.41, 5.74) is 1.56. The monoisotopic (exact) mass is 274 g/mol. The van der Waals surface area contributed by atoms with Crippen LogP contribution >= 0.6 is 0 Å². The predicted molar refractivity (Wildman–Crippen MR) is 76.6 cm³/mol. The number of halogens is 1. The molecule has 5 rings (SSSR count). The average Bonchev–Trinajstić information content (AvgIpc) is 2.40. The molecular weight excluding hydrogens is 251 g/mol. The van der Waals surface area contributed by atoms with Crippen LogP contribution in [0.1, 0.15) is 49.3 Å². The van der Waals surface area contributed by atoms with Crippen LogP contribution in [0.15, 0.2) is 18.2 Å². The third-order valence-corrected chi connectivity index (χ3v) is 6.19. The van der Waals surface area contributed by atoms with Gasteiger partial charge in [0.15, 0.2) is 0 Å². The number of aliphatic hydroxyl groups is 1. The van der Waals surface area contributed by atoms with E-state index in [-0.39, 0.29) is 5.82 Å². The summed E-state index contributed by atoms with van der Waals surface area (Å²) in [4.78, 5) is 0. The molecule has 0 spiro atoms. The summed E-state index contributed by atoms with van der Waals surface area (Å²) >= 11 is 0. The first-order valence-corrected chi connectivity index (χ1v) is 8.06. The molecule has 0 radical (unpaired) electrons. The highest BCUT2D eigenvalue weighted by Crippen LogP contribution is 2.59. The lowest BCUT2D eigenvalue weighted by Crippen LogP contribution is -2.47. The Labute approximate surface area is 120 Å². The van der Waals surface area contributed by atoms with Gasteiger partial charge in [0, 0.05) is 0 Å². The van der Waals surface area contributed by atoms with E-state index in [2.05, 4.69) is 0 Å². The van der Waals surface area contributed by atoms with Crippen LogP contribution < -0.4 is 0 Å². The Morgan fingerprint density at radius 3 is 2.20 bits per heavy atom. The van der Waals surface area contributed by atoms with Gasteiger partial charge in [0.2, 0.25) is 0 Å². The van der Waals surface area contributed by atoms with Crippen LogP contribution in [0.5, 0.6) is 0 Å². The maximum atomic E-state index is 13.4. The van der Waals surface area contributed by atoms with Gasteiger partial charge in [-0.1, -0.05) is 12.1 Å². The van der Waals surface area contributed by atoms with Crippen molar-refractivity contribution in [3.63, 3.8) is 0 Å². The fourth-order valence-corrected chi connectivity index (χ4v) is 5.56. The first kappa shape index (κ1) is 12.8. The molecule has 1 aromatic rings. The maximum Gasteiger partial charge on any atom is 0.126 e. The highest BCUT2D eigenvalue weighted by Gasteiger charge is 2.50. The molecular formula is C18H23FO.